The zero-order chi connectivity index (χ0) is 25.3. The van der Waals surface area contributed by atoms with Crippen LogP contribution in [-0.2, 0) is 9.47 Å². The van der Waals surface area contributed by atoms with Gasteiger partial charge in [-0.25, -0.2) is 0 Å². The third-order valence-corrected chi connectivity index (χ3v) is 17.8. The zero-order valence-corrected chi connectivity index (χ0v) is 28.0. The van der Waals surface area contributed by atoms with Crippen molar-refractivity contribution in [3.63, 3.8) is 0 Å². The largest absolute Gasteiger partial charge is 0.382 e. The molecule has 0 aromatic heterocycles. The van der Waals surface area contributed by atoms with Gasteiger partial charge in [-0.2, -0.15) is 0 Å². The lowest BCUT2D eigenvalue weighted by Gasteiger charge is -2.26. The molecule has 0 saturated carbocycles. The van der Waals surface area contributed by atoms with Crippen LogP contribution >= 0.6 is 21.6 Å². The summed E-state index contributed by atoms with van der Waals surface area (Å²) in [5.41, 5.74) is 1.27. The van der Waals surface area contributed by atoms with Crippen LogP contribution in [0.15, 0.2) is 0 Å². The Hall–Kier alpha value is 1.05. The van der Waals surface area contributed by atoms with Gasteiger partial charge in [0.25, 0.3) is 0 Å². The average Bonchev–Trinajstić information content (AvgIpc) is 2.84. The summed E-state index contributed by atoms with van der Waals surface area (Å²) in [5.74, 6) is 2.62. The molecule has 0 N–H and O–H groups in total. The Balaban J connectivity index is 4.06. The summed E-state index contributed by atoms with van der Waals surface area (Å²) in [4.78, 5) is 0. The van der Waals surface area contributed by atoms with Crippen LogP contribution in [0.3, 0.4) is 0 Å². The second-order valence-corrected chi connectivity index (χ2v) is 19.7. The molecule has 2 unspecified atom stereocenters. The van der Waals surface area contributed by atoms with E-state index in [-0.39, 0.29) is 0 Å². The smallest absolute Gasteiger partial charge is 0.0716 e. The van der Waals surface area contributed by atoms with Gasteiger partial charge in [-0.15, -0.1) is 0 Å². The normalized spacial score (nSPS) is 13.8. The second-order valence-electron chi connectivity index (χ2n) is 10.1. The van der Waals surface area contributed by atoms with Gasteiger partial charge in [-0.3, -0.25) is 0 Å². The Labute approximate surface area is 226 Å². The van der Waals surface area contributed by atoms with Crippen LogP contribution in [0.2, 0.25) is 24.2 Å². The lowest BCUT2D eigenvalue weighted by atomic mass is 10.2. The van der Waals surface area contributed by atoms with Gasteiger partial charge in [0.2, 0.25) is 0 Å². The minimum absolute atomic E-state index is 0.633. The maximum Gasteiger partial charge on any atom is 0.0716 e. The molecule has 6 heteroatoms. The fraction of sp³-hybridized carbons (Fsp3) is 1.00. The van der Waals surface area contributed by atoms with Gasteiger partial charge in [-0.05, 0) is 38.5 Å². The molecule has 0 bridgehead atoms. The first-order valence-electron chi connectivity index (χ1n) is 15.2. The van der Waals surface area contributed by atoms with Crippen molar-refractivity contribution in [2.75, 3.05) is 24.7 Å². The quantitative estimate of drug-likeness (QED) is 0.0575. The molecule has 0 aromatic carbocycles. The highest BCUT2D eigenvalue weighted by Gasteiger charge is 2.23. The van der Waals surface area contributed by atoms with Crippen molar-refractivity contribution in [1.82, 2.24) is 0 Å². The van der Waals surface area contributed by atoms with E-state index in [1.54, 1.807) is 0 Å². The number of unbranched alkanes of at least 4 members (excludes halogenated alkanes) is 2. The van der Waals surface area contributed by atoms with Crippen molar-refractivity contribution >= 4 is 39.2 Å². The van der Waals surface area contributed by atoms with Gasteiger partial charge >= 0.3 is 0 Å². The van der Waals surface area contributed by atoms with E-state index in [9.17, 15) is 0 Å². The highest BCUT2D eigenvalue weighted by molar-refractivity contribution is 8.76. The van der Waals surface area contributed by atoms with Crippen molar-refractivity contribution < 1.29 is 9.47 Å². The van der Waals surface area contributed by atoms with E-state index in [0.717, 1.165) is 26.1 Å². The van der Waals surface area contributed by atoms with E-state index in [4.69, 9.17) is 9.47 Å². The van der Waals surface area contributed by atoms with Gasteiger partial charge in [0.1, 0.15) is 0 Å². The summed E-state index contributed by atoms with van der Waals surface area (Å²) in [6.07, 6.45) is 15.8. The predicted molar refractivity (Wildman–Crippen MR) is 167 cm³/mol. The first-order chi connectivity index (χ1) is 16.7. The fourth-order valence-electron chi connectivity index (χ4n) is 5.09. The molecule has 0 aliphatic heterocycles. The average molecular weight is 551 g/mol. The van der Waals surface area contributed by atoms with Crippen LogP contribution in [0, 0.1) is 0 Å². The van der Waals surface area contributed by atoms with Crippen LogP contribution in [0.4, 0.5) is 0 Å². The minimum Gasteiger partial charge on any atom is -0.382 e. The second kappa shape index (κ2) is 27.1. The van der Waals surface area contributed by atoms with Gasteiger partial charge in [0.05, 0.1) is 17.6 Å². The maximum atomic E-state index is 6.36. The Bertz CT molecular complexity index is 357. The topological polar surface area (TPSA) is 18.5 Å². The summed E-state index contributed by atoms with van der Waals surface area (Å²) < 4.78 is 12.7. The molecule has 0 fully saturated rings. The van der Waals surface area contributed by atoms with Crippen LogP contribution < -0.4 is 0 Å². The minimum atomic E-state index is -0.733. The van der Waals surface area contributed by atoms with E-state index in [2.05, 4.69) is 63.1 Å². The van der Waals surface area contributed by atoms with E-state index in [1.807, 2.05) is 0 Å². The van der Waals surface area contributed by atoms with E-state index >= 15 is 0 Å². The number of ether oxygens (including phenoxy) is 2. The highest BCUT2D eigenvalue weighted by atomic mass is 33.1. The van der Waals surface area contributed by atoms with Crippen molar-refractivity contribution in [1.29, 1.82) is 0 Å². The molecule has 0 aliphatic carbocycles. The molecule has 2 atom stereocenters. The van der Waals surface area contributed by atoms with Crippen LogP contribution in [0.5, 0.6) is 0 Å². The van der Waals surface area contributed by atoms with Crippen LogP contribution in [-0.4, -0.2) is 53.8 Å². The molecule has 206 valence electrons. The third kappa shape index (κ3) is 19.2. The fourth-order valence-corrected chi connectivity index (χ4v) is 14.7. The molecule has 0 saturated heterocycles. The van der Waals surface area contributed by atoms with Gasteiger partial charge in [0.15, 0.2) is 0 Å². The Morgan fingerprint density at radius 2 is 0.853 bits per heavy atom. The summed E-state index contributed by atoms with van der Waals surface area (Å²) in [6.45, 7) is 15.9. The van der Waals surface area contributed by atoms with Gasteiger partial charge < -0.3 is 9.47 Å². The molecule has 0 aliphatic rings. The van der Waals surface area contributed by atoms with E-state index in [0.29, 0.717) is 11.5 Å². The SMILES string of the molecule is CCCOC(CCCCSSCCCCC(OCCC)[SiH](CCC)CCC)[SiH](CCC)CCC. The van der Waals surface area contributed by atoms with E-state index in [1.165, 1.54) is 99.9 Å². The molecule has 0 amide bonds. The first kappa shape index (κ1) is 35.1. The maximum absolute atomic E-state index is 6.36. The number of hydrogen-bond acceptors (Lipinski definition) is 4. The molecular formula is C28H62O2S2Si2. The summed E-state index contributed by atoms with van der Waals surface area (Å²) in [5, 5.41) is 0. The molecule has 0 aromatic rings. The monoisotopic (exact) mass is 550 g/mol. The summed E-state index contributed by atoms with van der Waals surface area (Å²) >= 11 is 0. The van der Waals surface area contributed by atoms with Crippen molar-refractivity contribution in [3.05, 3.63) is 0 Å². The van der Waals surface area contributed by atoms with Gasteiger partial charge in [-0.1, -0.05) is 126 Å². The zero-order valence-electron chi connectivity index (χ0n) is 24.1. The number of rotatable bonds is 27. The molecule has 0 heterocycles. The summed E-state index contributed by atoms with van der Waals surface area (Å²) in [7, 11) is 2.76. The molecule has 2 nitrogen and oxygen atoms in total. The molecule has 0 rings (SSSR count). The van der Waals surface area contributed by atoms with Gasteiger partial charge in [0, 0.05) is 36.2 Å². The van der Waals surface area contributed by atoms with Crippen molar-refractivity contribution in [2.24, 2.45) is 0 Å². The summed E-state index contributed by atoms with van der Waals surface area (Å²) in [6, 6.07) is 5.88. The van der Waals surface area contributed by atoms with E-state index < -0.39 is 17.6 Å². The molecule has 0 radical (unpaired) electrons. The molecular weight excluding hydrogens is 489 g/mol. The van der Waals surface area contributed by atoms with Crippen molar-refractivity contribution in [3.8, 4) is 0 Å². The third-order valence-electron chi connectivity index (χ3n) is 6.78. The Kier molecular flexibility index (Phi) is 27.9. The number of hydrogen-bond donors (Lipinski definition) is 0. The van der Waals surface area contributed by atoms with Crippen LogP contribution in [0.1, 0.15) is 119 Å². The van der Waals surface area contributed by atoms with Crippen LogP contribution in [0.25, 0.3) is 0 Å². The first-order valence-corrected chi connectivity index (χ1v) is 22.2. The predicted octanol–water partition coefficient (Wildman–Crippen LogP) is 9.47. The highest BCUT2D eigenvalue weighted by Crippen LogP contribution is 2.26. The van der Waals surface area contributed by atoms with Crippen molar-refractivity contribution in [2.45, 2.75) is 154 Å². The Morgan fingerprint density at radius 1 is 0.500 bits per heavy atom. The molecule has 34 heavy (non-hydrogen) atoms. The lowest BCUT2D eigenvalue weighted by Crippen LogP contribution is -2.33. The standard InChI is InChI=1S/C28H62O2S2Si2/c1-7-19-29-27(33(23-9-3)24-10-4)17-13-15-21-31-32-22-16-14-18-28(30-20-8-2)34(25-11-5)26-12-6/h27-28,33-34H,7-26H2,1-6H3. The lowest BCUT2D eigenvalue weighted by molar-refractivity contribution is 0.0944. The Morgan fingerprint density at radius 3 is 1.15 bits per heavy atom. The molecule has 0 spiro atoms.